The van der Waals surface area contributed by atoms with Crippen LogP contribution in [0.1, 0.15) is 117 Å². The minimum atomic E-state index is -1.22. The fraction of sp³-hybridized carbons (Fsp3) is 0.809. The van der Waals surface area contributed by atoms with E-state index in [0.29, 0.717) is 37.7 Å². The molecular formula is C47H68O14. The van der Waals surface area contributed by atoms with Crippen LogP contribution in [-0.4, -0.2) is 127 Å². The number of fused-ring (bicyclic) bond motifs is 2. The van der Waals surface area contributed by atoms with Gasteiger partial charge in [0.05, 0.1) is 35.9 Å². The molecule has 4 aliphatic carbocycles. The Morgan fingerprint density at radius 3 is 2.26 bits per heavy atom. The van der Waals surface area contributed by atoms with E-state index in [1.54, 1.807) is 45.2 Å². The smallest absolute Gasteiger partial charge is 0.338 e. The second-order valence-corrected chi connectivity index (χ2v) is 19.7. The molecule has 20 atom stereocenters. The minimum Gasteiger partial charge on any atom is -0.458 e. The van der Waals surface area contributed by atoms with Gasteiger partial charge in [-0.25, -0.2) is 4.79 Å². The number of benzene rings is 1. The van der Waals surface area contributed by atoms with E-state index < -0.39 is 96.0 Å². The Kier molecular flexibility index (Phi) is 12.4. The molecule has 0 aromatic heterocycles. The first-order valence-corrected chi connectivity index (χ1v) is 22.7. The number of hydrogen-bond acceptors (Lipinski definition) is 14. The first kappa shape index (κ1) is 45.1. The number of rotatable bonds is 12. The van der Waals surface area contributed by atoms with Gasteiger partial charge in [-0.3, -0.25) is 9.59 Å². The zero-order valence-electron chi connectivity index (χ0n) is 37.3. The van der Waals surface area contributed by atoms with E-state index in [1.165, 1.54) is 7.11 Å². The average molecular weight is 857 g/mol. The zero-order valence-corrected chi connectivity index (χ0v) is 37.3. The predicted octanol–water partition coefficient (Wildman–Crippen LogP) is 5.31. The number of esters is 2. The van der Waals surface area contributed by atoms with Crippen molar-refractivity contribution < 1.29 is 67.2 Å². The highest BCUT2D eigenvalue weighted by Crippen LogP contribution is 2.81. The Labute approximate surface area is 359 Å². The number of aliphatic hydroxyl groups is 2. The maximum atomic E-state index is 14.1. The van der Waals surface area contributed by atoms with Crippen molar-refractivity contribution in [1.29, 1.82) is 0 Å². The summed E-state index contributed by atoms with van der Waals surface area (Å²) in [6, 6.07) is 8.86. The maximum absolute atomic E-state index is 14.1. The molecule has 4 saturated carbocycles. The highest BCUT2D eigenvalue weighted by atomic mass is 16.7. The first-order valence-electron chi connectivity index (χ1n) is 22.7. The van der Waals surface area contributed by atoms with Gasteiger partial charge in [-0.1, -0.05) is 45.9 Å². The third kappa shape index (κ3) is 7.13. The fourth-order valence-corrected chi connectivity index (χ4v) is 13.3. The normalized spacial score (nSPS) is 48.1. The molecule has 2 N–H and O–H groups in total. The summed E-state index contributed by atoms with van der Waals surface area (Å²) < 4.78 is 57.3. The second-order valence-electron chi connectivity index (χ2n) is 19.7. The Balaban J connectivity index is 1.04. The SMILES string of the molecule is CC[C@@H](C)C(=O)O[C@@H]1[C@@H](OC(=O)c2ccccc2)[C@]2(C)[C@H](C(C)=O)CC[C@@]23O[C@]32CC[C@H]3C[C@@H](O[C@H]4C[C@@H](OC)[C@H](O[C@@H]5O[C@H](C)[C@@H](O)[C@@H](OC)[C@H]5O)[C@@H](C)O4)CC[C@]3(C)[C@@H]12. The minimum absolute atomic E-state index is 0.0238. The fourth-order valence-electron chi connectivity index (χ4n) is 13.3. The molecule has 0 bridgehead atoms. The van der Waals surface area contributed by atoms with Gasteiger partial charge < -0.3 is 52.8 Å². The summed E-state index contributed by atoms with van der Waals surface area (Å²) in [6.45, 7) is 13.4. The van der Waals surface area contributed by atoms with Crippen LogP contribution in [0.15, 0.2) is 30.3 Å². The molecule has 3 aliphatic heterocycles. The molecule has 0 unspecified atom stereocenters. The van der Waals surface area contributed by atoms with E-state index in [-0.39, 0.29) is 41.0 Å². The summed E-state index contributed by atoms with van der Waals surface area (Å²) in [4.78, 5) is 41.7. The molecule has 3 heterocycles. The van der Waals surface area contributed by atoms with Crippen LogP contribution in [0.2, 0.25) is 0 Å². The summed E-state index contributed by atoms with van der Waals surface area (Å²) in [5, 5.41) is 21.4. The number of carbonyl (C=O) groups is 3. The Hall–Kier alpha value is -2.53. The number of aliphatic hydroxyl groups excluding tert-OH is 2. The van der Waals surface area contributed by atoms with Gasteiger partial charge in [0.1, 0.15) is 53.6 Å². The van der Waals surface area contributed by atoms with Gasteiger partial charge in [-0.2, -0.15) is 0 Å². The van der Waals surface area contributed by atoms with Crippen LogP contribution in [0.4, 0.5) is 0 Å². The van der Waals surface area contributed by atoms with Crippen molar-refractivity contribution in [2.45, 2.75) is 191 Å². The second kappa shape index (κ2) is 16.8. The van der Waals surface area contributed by atoms with Crippen molar-refractivity contribution in [1.82, 2.24) is 0 Å². The Morgan fingerprint density at radius 1 is 0.852 bits per heavy atom. The van der Waals surface area contributed by atoms with Gasteiger partial charge in [0.25, 0.3) is 0 Å². The molecule has 3 saturated heterocycles. The van der Waals surface area contributed by atoms with E-state index in [0.717, 1.165) is 25.7 Å². The lowest BCUT2D eigenvalue weighted by molar-refractivity contribution is -0.343. The van der Waals surface area contributed by atoms with Crippen LogP contribution in [0.25, 0.3) is 0 Å². The predicted molar refractivity (Wildman–Crippen MR) is 218 cm³/mol. The Bertz CT molecular complexity index is 1780. The molecule has 8 rings (SSSR count). The number of ether oxygens (including phenoxy) is 9. The molecule has 0 radical (unpaired) electrons. The molecular weight excluding hydrogens is 789 g/mol. The zero-order chi connectivity index (χ0) is 43.8. The lowest BCUT2D eigenvalue weighted by Crippen LogP contribution is -2.71. The van der Waals surface area contributed by atoms with Crippen LogP contribution in [-0.2, 0) is 52.2 Å². The molecule has 7 aliphatic rings. The molecule has 0 amide bonds. The summed E-state index contributed by atoms with van der Waals surface area (Å²) in [5.41, 5.74) is -2.24. The van der Waals surface area contributed by atoms with Crippen LogP contribution in [0.5, 0.6) is 0 Å². The van der Waals surface area contributed by atoms with Crippen molar-refractivity contribution in [3.63, 3.8) is 0 Å². The molecule has 2 spiro atoms. The van der Waals surface area contributed by atoms with Crippen LogP contribution < -0.4 is 0 Å². The van der Waals surface area contributed by atoms with Gasteiger partial charge in [0.15, 0.2) is 12.6 Å². The molecule has 14 nitrogen and oxygen atoms in total. The lowest BCUT2D eigenvalue weighted by atomic mass is 9.43. The van der Waals surface area contributed by atoms with E-state index in [4.69, 9.17) is 42.6 Å². The highest BCUT2D eigenvalue weighted by molar-refractivity contribution is 5.89. The molecule has 1 aromatic rings. The summed E-state index contributed by atoms with van der Waals surface area (Å²) in [6.07, 6.45) is -2.66. The first-order chi connectivity index (χ1) is 29.0. The van der Waals surface area contributed by atoms with E-state index in [1.807, 2.05) is 33.8 Å². The van der Waals surface area contributed by atoms with Crippen LogP contribution >= 0.6 is 0 Å². The Morgan fingerprint density at radius 2 is 1.59 bits per heavy atom. The number of hydrogen-bond donors (Lipinski definition) is 2. The largest absolute Gasteiger partial charge is 0.458 e. The average Bonchev–Trinajstić information content (AvgIpc) is 3.79. The van der Waals surface area contributed by atoms with Gasteiger partial charge >= 0.3 is 11.9 Å². The van der Waals surface area contributed by atoms with Crippen molar-refractivity contribution in [3.05, 3.63) is 35.9 Å². The monoisotopic (exact) mass is 856 g/mol. The number of Topliss-reactive ketones (excluding diaryl/α,β-unsaturated/α-hetero) is 1. The topological polar surface area (TPSA) is 178 Å². The molecule has 1 aromatic carbocycles. The van der Waals surface area contributed by atoms with Crippen LogP contribution in [0, 0.1) is 34.5 Å². The van der Waals surface area contributed by atoms with Crippen molar-refractivity contribution in [3.8, 4) is 0 Å². The third-order valence-corrected chi connectivity index (χ3v) is 16.8. The van der Waals surface area contributed by atoms with Crippen molar-refractivity contribution in [2.24, 2.45) is 34.5 Å². The van der Waals surface area contributed by atoms with E-state index >= 15 is 0 Å². The summed E-state index contributed by atoms with van der Waals surface area (Å²) in [7, 11) is 3.04. The van der Waals surface area contributed by atoms with Crippen molar-refractivity contribution in [2.75, 3.05) is 14.2 Å². The molecule has 61 heavy (non-hydrogen) atoms. The third-order valence-electron chi connectivity index (χ3n) is 16.8. The van der Waals surface area contributed by atoms with Gasteiger partial charge in [-0.15, -0.1) is 0 Å². The number of ketones is 1. The van der Waals surface area contributed by atoms with Gasteiger partial charge in [0.2, 0.25) is 0 Å². The number of carbonyl (C=O) groups excluding carboxylic acids is 3. The maximum Gasteiger partial charge on any atom is 0.338 e. The number of epoxide rings is 1. The van der Waals surface area contributed by atoms with Crippen molar-refractivity contribution >= 4 is 17.7 Å². The summed E-state index contributed by atoms with van der Waals surface area (Å²) >= 11 is 0. The van der Waals surface area contributed by atoms with E-state index in [9.17, 15) is 24.6 Å². The van der Waals surface area contributed by atoms with E-state index in [2.05, 4.69) is 6.92 Å². The number of methoxy groups -OCH3 is 2. The van der Waals surface area contributed by atoms with Gasteiger partial charge in [0, 0.05) is 37.9 Å². The quantitative estimate of drug-likeness (QED) is 0.157. The van der Waals surface area contributed by atoms with Gasteiger partial charge in [-0.05, 0) is 95.6 Å². The van der Waals surface area contributed by atoms with Crippen LogP contribution in [0.3, 0.4) is 0 Å². The highest BCUT2D eigenvalue weighted by Gasteiger charge is 2.91. The lowest BCUT2D eigenvalue weighted by Gasteiger charge is -2.61. The molecule has 14 heteroatoms. The molecule has 7 fully saturated rings. The standard InChI is InChI=1S/C47H68O14/c1-10-24(2)41(51)58-38-39-44(6)19-17-30(57-33-23-32(53-8)36(27(5)55-33)59-43-35(50)37(54-9)34(49)26(4)56-43)22-29(44)16-20-46(39)47(61-46)21-18-31(25(3)48)45(47,7)40(38)60-42(52)28-14-12-11-13-15-28/h11-15,24,26-27,29-40,43,49-50H,10,16-23H2,1-9H3/t24-,26-,27-,29+,30+,31+,32-,33+,34-,35-,36-,37-,38+,39-,40-,43+,44+,45+,46+,47-/m1/s1. The molecule has 340 valence electrons. The summed E-state index contributed by atoms with van der Waals surface area (Å²) in [5.74, 6) is -1.76.